The number of hydrogen-bond acceptors (Lipinski definition) is 4. The van der Waals surface area contributed by atoms with Gasteiger partial charge in [0.25, 0.3) is 0 Å². The van der Waals surface area contributed by atoms with E-state index in [9.17, 15) is 14.3 Å². The second kappa shape index (κ2) is 5.09. The van der Waals surface area contributed by atoms with E-state index in [1.165, 1.54) is 26.1 Å². The number of halogens is 1. The Morgan fingerprint density at radius 2 is 2.06 bits per heavy atom. The van der Waals surface area contributed by atoms with E-state index in [0.29, 0.717) is 0 Å². The highest BCUT2D eigenvalue weighted by Gasteiger charge is 2.19. The fourth-order valence-electron chi connectivity index (χ4n) is 1.41. The summed E-state index contributed by atoms with van der Waals surface area (Å²) >= 11 is 0. The van der Waals surface area contributed by atoms with Gasteiger partial charge in [-0.1, -0.05) is 0 Å². The van der Waals surface area contributed by atoms with Crippen molar-refractivity contribution in [2.24, 2.45) is 11.7 Å². The van der Waals surface area contributed by atoms with Gasteiger partial charge in [-0.2, -0.15) is 0 Å². The standard InChI is InChI=1S/C10H15FN4O2/c1-6-7(5-16)9(4-3-8(6)11)15(13)10(17)14(2)12/h3-4,16H,5,12-13H2,1-2H3. The predicted octanol–water partition coefficient (Wildman–Crippen LogP) is 0.232. The lowest BCUT2D eigenvalue weighted by atomic mass is 10.1. The van der Waals surface area contributed by atoms with E-state index in [2.05, 4.69) is 0 Å². The zero-order valence-corrected chi connectivity index (χ0v) is 9.64. The molecule has 5 N–H and O–H groups in total. The molecule has 0 saturated heterocycles. The van der Waals surface area contributed by atoms with Crippen molar-refractivity contribution in [3.05, 3.63) is 29.1 Å². The Bertz CT molecular complexity index is 437. The van der Waals surface area contributed by atoms with Crippen molar-refractivity contribution >= 4 is 11.7 Å². The van der Waals surface area contributed by atoms with Crippen molar-refractivity contribution in [1.82, 2.24) is 5.01 Å². The molecular formula is C10H15FN4O2. The molecule has 0 unspecified atom stereocenters. The van der Waals surface area contributed by atoms with Crippen LogP contribution in [0.4, 0.5) is 14.9 Å². The summed E-state index contributed by atoms with van der Waals surface area (Å²) in [5.41, 5.74) is 0.712. The number of carbonyl (C=O) groups excluding carboxylic acids is 1. The number of anilines is 1. The van der Waals surface area contributed by atoms with E-state index in [0.717, 1.165) is 10.0 Å². The number of aliphatic hydroxyl groups excluding tert-OH is 1. The first-order valence-electron chi connectivity index (χ1n) is 4.86. The van der Waals surface area contributed by atoms with Crippen LogP contribution in [0, 0.1) is 12.7 Å². The number of nitrogens with two attached hydrogens (primary N) is 2. The van der Waals surface area contributed by atoms with Gasteiger partial charge in [0, 0.05) is 12.6 Å². The first-order chi connectivity index (χ1) is 7.90. The molecule has 0 radical (unpaired) electrons. The predicted molar refractivity (Wildman–Crippen MR) is 61.1 cm³/mol. The minimum absolute atomic E-state index is 0.216. The van der Waals surface area contributed by atoms with Crippen LogP contribution in [0.2, 0.25) is 0 Å². The third kappa shape index (κ3) is 2.52. The van der Waals surface area contributed by atoms with E-state index in [-0.39, 0.29) is 16.8 Å². The molecule has 6 nitrogen and oxygen atoms in total. The Kier molecular flexibility index (Phi) is 4.00. The SMILES string of the molecule is Cc1c(F)ccc(N(N)C(=O)N(C)N)c1CO. The Morgan fingerprint density at radius 1 is 1.47 bits per heavy atom. The van der Waals surface area contributed by atoms with Crippen LogP contribution in [0.3, 0.4) is 0 Å². The van der Waals surface area contributed by atoms with E-state index < -0.39 is 18.5 Å². The number of hydrazine groups is 2. The Morgan fingerprint density at radius 3 is 2.53 bits per heavy atom. The van der Waals surface area contributed by atoms with Crippen LogP contribution in [0.25, 0.3) is 0 Å². The smallest absolute Gasteiger partial charge is 0.352 e. The lowest BCUT2D eigenvalue weighted by molar-refractivity contribution is 0.216. The molecule has 1 rings (SSSR count). The van der Waals surface area contributed by atoms with Crippen molar-refractivity contribution in [3.8, 4) is 0 Å². The highest BCUT2D eigenvalue weighted by molar-refractivity contribution is 5.91. The fourth-order valence-corrected chi connectivity index (χ4v) is 1.41. The summed E-state index contributed by atoms with van der Waals surface area (Å²) in [6.07, 6.45) is 0. The number of urea groups is 1. The maximum Gasteiger partial charge on any atom is 0.352 e. The van der Waals surface area contributed by atoms with Crippen LogP contribution in [-0.2, 0) is 6.61 Å². The minimum Gasteiger partial charge on any atom is -0.392 e. The molecule has 0 aromatic heterocycles. The first kappa shape index (κ1) is 13.4. The number of amides is 2. The maximum atomic E-state index is 13.3. The average Bonchev–Trinajstić information content (AvgIpc) is 2.30. The van der Waals surface area contributed by atoms with Crippen LogP contribution in [0.5, 0.6) is 0 Å². The molecule has 1 aromatic carbocycles. The third-order valence-electron chi connectivity index (χ3n) is 2.43. The van der Waals surface area contributed by atoms with Crippen LogP contribution in [-0.4, -0.2) is 23.2 Å². The van der Waals surface area contributed by atoms with Crippen molar-refractivity contribution in [2.75, 3.05) is 12.1 Å². The van der Waals surface area contributed by atoms with Gasteiger partial charge in [0.15, 0.2) is 0 Å². The molecule has 1 aromatic rings. The zero-order valence-electron chi connectivity index (χ0n) is 9.64. The zero-order chi connectivity index (χ0) is 13.2. The van der Waals surface area contributed by atoms with Crippen molar-refractivity contribution in [3.63, 3.8) is 0 Å². The van der Waals surface area contributed by atoms with Crippen LogP contribution < -0.4 is 16.7 Å². The molecule has 94 valence electrons. The van der Waals surface area contributed by atoms with Gasteiger partial charge in [0.1, 0.15) is 5.82 Å². The van der Waals surface area contributed by atoms with E-state index in [4.69, 9.17) is 11.7 Å². The molecule has 0 fully saturated rings. The summed E-state index contributed by atoms with van der Waals surface area (Å²) in [6, 6.07) is 1.81. The normalized spacial score (nSPS) is 10.2. The number of carbonyl (C=O) groups is 1. The number of hydrogen-bond donors (Lipinski definition) is 3. The lowest BCUT2D eigenvalue weighted by Crippen LogP contribution is -2.49. The molecule has 0 spiro atoms. The largest absolute Gasteiger partial charge is 0.392 e. The third-order valence-corrected chi connectivity index (χ3v) is 2.43. The molecule has 17 heavy (non-hydrogen) atoms. The number of nitrogens with zero attached hydrogens (tertiary/aromatic N) is 2. The van der Waals surface area contributed by atoms with Crippen LogP contribution >= 0.6 is 0 Å². The second-order valence-electron chi connectivity index (χ2n) is 3.59. The Balaban J connectivity index is 3.23. The van der Waals surface area contributed by atoms with Gasteiger partial charge >= 0.3 is 6.03 Å². The van der Waals surface area contributed by atoms with Crippen LogP contribution in [0.1, 0.15) is 11.1 Å². The van der Waals surface area contributed by atoms with Gasteiger partial charge in [-0.05, 0) is 24.6 Å². The number of rotatable bonds is 2. The Labute approximate surface area is 98.2 Å². The monoisotopic (exact) mass is 242 g/mol. The van der Waals surface area contributed by atoms with Crippen LogP contribution in [0.15, 0.2) is 12.1 Å². The molecule has 0 atom stereocenters. The second-order valence-corrected chi connectivity index (χ2v) is 3.59. The summed E-state index contributed by atoms with van der Waals surface area (Å²) in [7, 11) is 1.33. The van der Waals surface area contributed by atoms with E-state index >= 15 is 0 Å². The van der Waals surface area contributed by atoms with Crippen molar-refractivity contribution in [2.45, 2.75) is 13.5 Å². The maximum absolute atomic E-state index is 13.3. The molecule has 0 aliphatic heterocycles. The average molecular weight is 242 g/mol. The summed E-state index contributed by atoms with van der Waals surface area (Å²) in [4.78, 5) is 11.5. The summed E-state index contributed by atoms with van der Waals surface area (Å²) in [5.74, 6) is 10.4. The number of benzene rings is 1. The molecular weight excluding hydrogens is 227 g/mol. The minimum atomic E-state index is -0.675. The highest BCUT2D eigenvalue weighted by atomic mass is 19.1. The Hall–Kier alpha value is -1.70. The van der Waals surface area contributed by atoms with E-state index in [1.807, 2.05) is 0 Å². The van der Waals surface area contributed by atoms with Crippen molar-refractivity contribution < 1.29 is 14.3 Å². The lowest BCUT2D eigenvalue weighted by Gasteiger charge is -2.23. The first-order valence-corrected chi connectivity index (χ1v) is 4.86. The van der Waals surface area contributed by atoms with Gasteiger partial charge in [0.2, 0.25) is 0 Å². The van der Waals surface area contributed by atoms with E-state index in [1.54, 1.807) is 0 Å². The summed E-state index contributed by atoms with van der Waals surface area (Å²) in [6.45, 7) is 1.07. The molecule has 0 aliphatic carbocycles. The molecule has 0 saturated carbocycles. The number of aliphatic hydroxyl groups is 1. The summed E-state index contributed by atoms with van der Waals surface area (Å²) in [5, 5.41) is 10.7. The van der Waals surface area contributed by atoms with Crippen molar-refractivity contribution in [1.29, 1.82) is 0 Å². The van der Waals surface area contributed by atoms with Gasteiger partial charge in [-0.3, -0.25) is 5.01 Å². The topological polar surface area (TPSA) is 95.8 Å². The highest BCUT2D eigenvalue weighted by Crippen LogP contribution is 2.24. The van der Waals surface area contributed by atoms with Gasteiger partial charge in [0.05, 0.1) is 12.3 Å². The molecule has 0 heterocycles. The molecule has 2 amide bonds. The summed E-state index contributed by atoms with van der Waals surface area (Å²) < 4.78 is 13.3. The molecule has 7 heteroatoms. The van der Waals surface area contributed by atoms with Gasteiger partial charge < -0.3 is 5.11 Å². The van der Waals surface area contributed by atoms with Gasteiger partial charge in [-0.15, -0.1) is 0 Å². The molecule has 0 aliphatic rings. The quantitative estimate of drug-likeness (QED) is 0.393. The molecule has 0 bridgehead atoms. The fraction of sp³-hybridized carbons (Fsp3) is 0.300. The van der Waals surface area contributed by atoms with Gasteiger partial charge in [-0.25, -0.2) is 25.9 Å².